The summed E-state index contributed by atoms with van der Waals surface area (Å²) in [5, 5.41) is 3.04. The van der Waals surface area contributed by atoms with Crippen LogP contribution in [-0.2, 0) is 10.0 Å². The van der Waals surface area contributed by atoms with Crippen molar-refractivity contribution in [1.82, 2.24) is 5.32 Å². The fraction of sp³-hybridized carbons (Fsp3) is 0.318. The van der Waals surface area contributed by atoms with Crippen LogP contribution in [0.5, 0.6) is 5.75 Å². The number of nitrogens with zero attached hydrogens (tertiary/aromatic N) is 1. The average Bonchev–Trinajstić information content (AvgIpc) is 2.72. The summed E-state index contributed by atoms with van der Waals surface area (Å²) in [6.07, 6.45) is 3.21. The number of nitrogens with one attached hydrogen (secondary N) is 1. The largest absolute Gasteiger partial charge is 0.495 e. The molecule has 2 rings (SSSR count). The third-order valence-corrected chi connectivity index (χ3v) is 6.62. The molecule has 0 bridgehead atoms. The third-order valence-electron chi connectivity index (χ3n) is 4.52. The van der Waals surface area contributed by atoms with Crippen molar-refractivity contribution in [3.8, 4) is 5.75 Å². The van der Waals surface area contributed by atoms with Crippen molar-refractivity contribution in [2.75, 3.05) is 18.0 Å². The molecule has 0 aliphatic carbocycles. The number of carbonyl (C=O) groups excluding carboxylic acids is 1. The van der Waals surface area contributed by atoms with E-state index in [4.69, 9.17) is 16.3 Å². The van der Waals surface area contributed by atoms with Crippen molar-refractivity contribution in [2.24, 2.45) is 0 Å². The monoisotopic (exact) mass is 450 g/mol. The Hall–Kier alpha value is -2.51. The Morgan fingerprint density at radius 3 is 2.63 bits per heavy atom. The molecule has 2 aromatic carbocycles. The van der Waals surface area contributed by atoms with Gasteiger partial charge in [-0.15, -0.1) is 6.58 Å². The number of amides is 1. The van der Waals surface area contributed by atoms with Crippen LogP contribution in [0.3, 0.4) is 0 Å². The highest BCUT2D eigenvalue weighted by Gasteiger charge is 2.28. The average molecular weight is 451 g/mol. The molecular formula is C22H27ClN2O4S. The second-order valence-electron chi connectivity index (χ2n) is 6.80. The van der Waals surface area contributed by atoms with Gasteiger partial charge in [0, 0.05) is 6.04 Å². The minimum Gasteiger partial charge on any atom is -0.495 e. The predicted molar refractivity (Wildman–Crippen MR) is 121 cm³/mol. The molecule has 0 aliphatic rings. The fourth-order valence-corrected chi connectivity index (χ4v) is 4.73. The predicted octanol–water partition coefficient (Wildman–Crippen LogP) is 4.65. The van der Waals surface area contributed by atoms with Gasteiger partial charge in [-0.1, -0.05) is 43.2 Å². The highest BCUT2D eigenvalue weighted by atomic mass is 35.5. The van der Waals surface area contributed by atoms with Gasteiger partial charge in [-0.05, 0) is 43.7 Å². The first-order valence-corrected chi connectivity index (χ1v) is 11.4. The van der Waals surface area contributed by atoms with Gasteiger partial charge >= 0.3 is 0 Å². The van der Waals surface area contributed by atoms with E-state index in [-0.39, 0.29) is 28.1 Å². The van der Waals surface area contributed by atoms with E-state index < -0.39 is 15.9 Å². The maximum absolute atomic E-state index is 13.4. The molecule has 1 N–H and O–H groups in total. The van der Waals surface area contributed by atoms with Gasteiger partial charge in [0.2, 0.25) is 0 Å². The van der Waals surface area contributed by atoms with E-state index in [9.17, 15) is 13.2 Å². The summed E-state index contributed by atoms with van der Waals surface area (Å²) < 4.78 is 33.4. The summed E-state index contributed by atoms with van der Waals surface area (Å²) in [6, 6.07) is 10.9. The van der Waals surface area contributed by atoms with Crippen LogP contribution in [0.2, 0.25) is 5.02 Å². The molecular weight excluding hydrogens is 424 g/mol. The van der Waals surface area contributed by atoms with Crippen molar-refractivity contribution in [2.45, 2.75) is 37.6 Å². The number of halogens is 1. The van der Waals surface area contributed by atoms with Crippen LogP contribution in [0.1, 0.15) is 37.0 Å². The molecule has 0 radical (unpaired) electrons. The lowest BCUT2D eigenvalue weighted by atomic mass is 10.1. The summed E-state index contributed by atoms with van der Waals surface area (Å²) in [4.78, 5) is 12.6. The van der Waals surface area contributed by atoms with Gasteiger partial charge in [-0.2, -0.15) is 0 Å². The zero-order chi connectivity index (χ0) is 22.3. The van der Waals surface area contributed by atoms with Crippen molar-refractivity contribution in [1.29, 1.82) is 0 Å². The molecule has 1 unspecified atom stereocenters. The topological polar surface area (TPSA) is 75.7 Å². The summed E-state index contributed by atoms with van der Waals surface area (Å²) in [5.41, 5.74) is 0.483. The van der Waals surface area contributed by atoms with Crippen molar-refractivity contribution in [3.63, 3.8) is 0 Å². The Morgan fingerprint density at radius 2 is 2.00 bits per heavy atom. The van der Waals surface area contributed by atoms with Gasteiger partial charge in [0.15, 0.2) is 0 Å². The fourth-order valence-electron chi connectivity index (χ4n) is 3.05. The van der Waals surface area contributed by atoms with Crippen LogP contribution >= 0.6 is 11.6 Å². The van der Waals surface area contributed by atoms with Gasteiger partial charge in [0.1, 0.15) is 5.75 Å². The normalized spacial score (nSPS) is 12.1. The lowest BCUT2D eigenvalue weighted by Crippen LogP contribution is -2.33. The van der Waals surface area contributed by atoms with Gasteiger partial charge in [0.25, 0.3) is 15.9 Å². The van der Waals surface area contributed by atoms with E-state index in [1.807, 2.05) is 13.8 Å². The first kappa shape index (κ1) is 23.8. The molecule has 0 heterocycles. The second-order valence-corrected chi connectivity index (χ2v) is 9.07. The van der Waals surface area contributed by atoms with Crippen molar-refractivity contribution >= 4 is 33.2 Å². The first-order chi connectivity index (χ1) is 14.3. The highest BCUT2D eigenvalue weighted by Crippen LogP contribution is 2.33. The van der Waals surface area contributed by atoms with Crippen LogP contribution in [0.15, 0.2) is 60.0 Å². The van der Waals surface area contributed by atoms with Gasteiger partial charge < -0.3 is 10.1 Å². The Kier molecular flexibility index (Phi) is 8.32. The molecule has 0 aromatic heterocycles. The van der Waals surface area contributed by atoms with E-state index in [0.717, 1.165) is 12.8 Å². The number of ether oxygens (including phenoxy) is 1. The van der Waals surface area contributed by atoms with Crippen LogP contribution in [0.25, 0.3) is 0 Å². The highest BCUT2D eigenvalue weighted by molar-refractivity contribution is 7.92. The Bertz CT molecular complexity index is 1010. The SMILES string of the molecule is C=CCN(c1ccccc1OC)S(=O)(=O)c1ccc(Cl)c(C(=O)NC(C)CCC)c1. The maximum atomic E-state index is 13.4. The smallest absolute Gasteiger partial charge is 0.264 e. The Labute approximate surface area is 183 Å². The summed E-state index contributed by atoms with van der Waals surface area (Å²) in [6.45, 7) is 7.61. The first-order valence-electron chi connectivity index (χ1n) is 9.63. The van der Waals surface area contributed by atoms with Crippen LogP contribution in [-0.4, -0.2) is 34.0 Å². The Morgan fingerprint density at radius 1 is 1.30 bits per heavy atom. The molecule has 6 nitrogen and oxygen atoms in total. The van der Waals surface area contributed by atoms with Gasteiger partial charge in [-0.3, -0.25) is 9.10 Å². The Balaban J connectivity index is 2.49. The summed E-state index contributed by atoms with van der Waals surface area (Å²) in [5.74, 6) is -0.00573. The number of anilines is 1. The second kappa shape index (κ2) is 10.5. The lowest BCUT2D eigenvalue weighted by Gasteiger charge is -2.25. The maximum Gasteiger partial charge on any atom is 0.264 e. The zero-order valence-corrected chi connectivity index (χ0v) is 19.0. The van der Waals surface area contributed by atoms with E-state index in [1.165, 1.54) is 35.7 Å². The molecule has 0 saturated carbocycles. The molecule has 162 valence electrons. The van der Waals surface area contributed by atoms with E-state index >= 15 is 0 Å². The van der Waals surface area contributed by atoms with Crippen LogP contribution in [0, 0.1) is 0 Å². The number of carbonyl (C=O) groups is 1. The lowest BCUT2D eigenvalue weighted by molar-refractivity contribution is 0.0938. The molecule has 1 atom stereocenters. The quantitative estimate of drug-likeness (QED) is 0.534. The molecule has 0 saturated heterocycles. The number of hydrogen-bond donors (Lipinski definition) is 1. The molecule has 0 aliphatic heterocycles. The summed E-state index contributed by atoms with van der Waals surface area (Å²) in [7, 11) is -2.54. The molecule has 2 aromatic rings. The van der Waals surface area contributed by atoms with Crippen molar-refractivity contribution < 1.29 is 17.9 Å². The minimum atomic E-state index is -4.02. The third kappa shape index (κ3) is 5.34. The van der Waals surface area contributed by atoms with Crippen LogP contribution in [0.4, 0.5) is 5.69 Å². The number of rotatable bonds is 10. The minimum absolute atomic E-state index is 0.0282. The number of para-hydroxylation sites is 2. The number of methoxy groups -OCH3 is 1. The van der Waals surface area contributed by atoms with E-state index in [0.29, 0.717) is 11.4 Å². The molecule has 0 spiro atoms. The number of sulfonamides is 1. The molecule has 8 heteroatoms. The summed E-state index contributed by atoms with van der Waals surface area (Å²) >= 11 is 6.20. The molecule has 0 fully saturated rings. The molecule has 1 amide bonds. The number of benzene rings is 2. The van der Waals surface area contributed by atoms with Gasteiger partial charge in [0.05, 0.1) is 34.8 Å². The zero-order valence-electron chi connectivity index (χ0n) is 17.4. The van der Waals surface area contributed by atoms with Crippen LogP contribution < -0.4 is 14.4 Å². The van der Waals surface area contributed by atoms with E-state index in [1.54, 1.807) is 24.3 Å². The van der Waals surface area contributed by atoms with E-state index in [2.05, 4.69) is 11.9 Å². The van der Waals surface area contributed by atoms with Crippen molar-refractivity contribution in [3.05, 3.63) is 65.7 Å². The number of hydrogen-bond acceptors (Lipinski definition) is 4. The standard InChI is InChI=1S/C22H27ClN2O4S/c1-5-9-16(3)24-22(26)18-15-17(12-13-19(18)23)30(27,28)25(14-6-2)20-10-7-8-11-21(20)29-4/h6-8,10-13,15-16H,2,5,9,14H2,1,3-4H3,(H,24,26). The van der Waals surface area contributed by atoms with Gasteiger partial charge in [-0.25, -0.2) is 8.42 Å². The molecule has 30 heavy (non-hydrogen) atoms.